The molecule has 26 heavy (non-hydrogen) atoms. The smallest absolute Gasteiger partial charge is 0.412 e. The molecule has 144 valence electrons. The molecule has 0 saturated carbocycles. The molecule has 1 atom stereocenters. The van der Waals surface area contributed by atoms with Gasteiger partial charge in [-0.1, -0.05) is 36.7 Å². The van der Waals surface area contributed by atoms with E-state index in [1.165, 1.54) is 4.90 Å². The van der Waals surface area contributed by atoms with Gasteiger partial charge in [0, 0.05) is 16.7 Å². The number of carboxylic acids is 1. The molecule has 0 spiro atoms. The van der Waals surface area contributed by atoms with Crippen molar-refractivity contribution >= 4 is 39.6 Å². The first kappa shape index (κ1) is 22.0. The van der Waals surface area contributed by atoms with Crippen LogP contribution in [0.1, 0.15) is 33.6 Å². The number of carbonyl (C=O) groups is 3. The van der Waals surface area contributed by atoms with Gasteiger partial charge in [0.25, 0.3) is 5.91 Å². The van der Waals surface area contributed by atoms with Gasteiger partial charge in [0.15, 0.2) is 6.10 Å². The second-order valence-electron chi connectivity index (χ2n) is 6.31. The van der Waals surface area contributed by atoms with Gasteiger partial charge < -0.3 is 14.7 Å². The molecule has 0 radical (unpaired) electrons. The van der Waals surface area contributed by atoms with Crippen molar-refractivity contribution in [3.05, 3.63) is 28.7 Å². The van der Waals surface area contributed by atoms with E-state index in [1.807, 2.05) is 20.8 Å². The Morgan fingerprint density at radius 3 is 2.35 bits per heavy atom. The predicted molar refractivity (Wildman–Crippen MR) is 102 cm³/mol. The van der Waals surface area contributed by atoms with E-state index < -0.39 is 30.6 Å². The quantitative estimate of drug-likeness (QED) is 0.624. The number of carboxylic acid groups (broad SMARTS) is 1. The lowest BCUT2D eigenvalue weighted by molar-refractivity contribution is -0.149. The first-order valence-corrected chi connectivity index (χ1v) is 9.26. The Morgan fingerprint density at radius 1 is 1.23 bits per heavy atom. The molecule has 0 bridgehead atoms. The number of ether oxygens (including phenoxy) is 1. The molecule has 0 saturated heterocycles. The fourth-order valence-electron chi connectivity index (χ4n) is 2.34. The van der Waals surface area contributed by atoms with E-state index in [0.29, 0.717) is 18.5 Å². The molecule has 0 aromatic heterocycles. The van der Waals surface area contributed by atoms with Gasteiger partial charge in [-0.3, -0.25) is 14.9 Å². The Balaban J connectivity index is 2.83. The maximum absolute atomic E-state index is 12.7. The summed E-state index contributed by atoms with van der Waals surface area (Å²) in [5.74, 6) is -1.50. The summed E-state index contributed by atoms with van der Waals surface area (Å²) in [6.07, 6.45) is -0.861. The first-order valence-electron chi connectivity index (χ1n) is 8.46. The Morgan fingerprint density at radius 2 is 1.85 bits per heavy atom. The zero-order valence-electron chi connectivity index (χ0n) is 15.2. The minimum absolute atomic E-state index is 0.0951. The minimum atomic E-state index is -1.10. The number of rotatable bonds is 9. The van der Waals surface area contributed by atoms with Gasteiger partial charge in [-0.15, -0.1) is 0 Å². The van der Waals surface area contributed by atoms with Crippen LogP contribution in [0.25, 0.3) is 0 Å². The van der Waals surface area contributed by atoms with Crippen LogP contribution in [0.2, 0.25) is 0 Å². The fraction of sp³-hybridized carbons (Fsp3) is 0.500. The molecular formula is C18H25BrN2O5. The molecule has 2 amide bonds. The molecule has 1 rings (SSSR count). The van der Waals surface area contributed by atoms with Gasteiger partial charge in [0.05, 0.1) is 0 Å². The number of hydrogen-bond donors (Lipinski definition) is 2. The molecule has 7 nitrogen and oxygen atoms in total. The second kappa shape index (κ2) is 10.8. The summed E-state index contributed by atoms with van der Waals surface area (Å²) < 4.78 is 6.19. The van der Waals surface area contributed by atoms with Gasteiger partial charge in [0.2, 0.25) is 0 Å². The number of amides is 2. The lowest BCUT2D eigenvalue weighted by atomic mass is 10.0. The van der Waals surface area contributed by atoms with E-state index in [1.54, 1.807) is 24.3 Å². The summed E-state index contributed by atoms with van der Waals surface area (Å²) in [6, 6.07) is 6.92. The molecular weight excluding hydrogens is 404 g/mol. The van der Waals surface area contributed by atoms with Gasteiger partial charge in [-0.05, 0) is 43.0 Å². The van der Waals surface area contributed by atoms with Crippen LogP contribution >= 0.6 is 15.9 Å². The topological polar surface area (TPSA) is 95.9 Å². The molecule has 0 aliphatic heterocycles. The summed E-state index contributed by atoms with van der Waals surface area (Å²) in [5, 5.41) is 11.6. The monoisotopic (exact) mass is 428 g/mol. The molecule has 2 N–H and O–H groups in total. The molecule has 8 heteroatoms. The molecule has 0 aliphatic rings. The Bertz CT molecular complexity index is 619. The van der Waals surface area contributed by atoms with Crippen LogP contribution in [-0.2, 0) is 14.3 Å². The number of halogens is 1. The van der Waals surface area contributed by atoms with Gasteiger partial charge in [-0.25, -0.2) is 4.79 Å². The Kier molecular flexibility index (Phi) is 9.12. The van der Waals surface area contributed by atoms with Crippen molar-refractivity contribution in [3.63, 3.8) is 0 Å². The lowest BCUT2D eigenvalue weighted by Crippen LogP contribution is -2.45. The van der Waals surface area contributed by atoms with E-state index in [0.717, 1.165) is 4.47 Å². The number of benzene rings is 1. The second-order valence-corrected chi connectivity index (χ2v) is 7.22. The predicted octanol–water partition coefficient (Wildman–Crippen LogP) is 3.74. The third-order valence-corrected chi connectivity index (χ3v) is 3.96. The number of nitrogens with one attached hydrogen (secondary N) is 1. The summed E-state index contributed by atoms with van der Waals surface area (Å²) in [7, 11) is 0. The van der Waals surface area contributed by atoms with E-state index in [-0.39, 0.29) is 12.5 Å². The highest BCUT2D eigenvalue weighted by Crippen LogP contribution is 2.16. The molecule has 0 aliphatic carbocycles. The average Bonchev–Trinajstić information content (AvgIpc) is 2.54. The Labute approximate surface area is 161 Å². The van der Waals surface area contributed by atoms with Gasteiger partial charge in [0.1, 0.15) is 6.54 Å². The molecule has 0 heterocycles. The number of carbonyl (C=O) groups excluding carboxylic acids is 2. The number of aliphatic carboxylic acids is 1. The van der Waals surface area contributed by atoms with Crippen molar-refractivity contribution in [3.8, 4) is 0 Å². The summed E-state index contributed by atoms with van der Waals surface area (Å²) >= 11 is 3.31. The molecule has 1 aromatic carbocycles. The highest BCUT2D eigenvalue weighted by Gasteiger charge is 2.29. The normalized spacial score (nSPS) is 11.7. The first-order chi connectivity index (χ1) is 12.2. The summed E-state index contributed by atoms with van der Waals surface area (Å²) in [5.41, 5.74) is 0.532. The van der Waals surface area contributed by atoms with Crippen molar-refractivity contribution in [2.45, 2.75) is 39.7 Å². The third kappa shape index (κ3) is 7.86. The number of hydrogen-bond acceptors (Lipinski definition) is 4. The van der Waals surface area contributed by atoms with E-state index in [9.17, 15) is 14.4 Å². The zero-order chi connectivity index (χ0) is 19.7. The largest absolute Gasteiger partial charge is 0.480 e. The molecule has 0 fully saturated rings. The maximum atomic E-state index is 12.7. The van der Waals surface area contributed by atoms with Crippen LogP contribution in [0.5, 0.6) is 0 Å². The van der Waals surface area contributed by atoms with Crippen LogP contribution in [0, 0.1) is 5.92 Å². The van der Waals surface area contributed by atoms with E-state index in [2.05, 4.69) is 21.2 Å². The standard InChI is InChI=1S/C18H25BrN2O5/c1-4-9-21(11-16(22)23)17(24)15(10-12(2)3)26-18(25)20-14-7-5-13(19)6-8-14/h5-8,12,15H,4,9-11H2,1-3H3,(H,20,25)(H,22,23)/t15-/m0/s1. The van der Waals surface area contributed by atoms with Crippen LogP contribution in [0.3, 0.4) is 0 Å². The van der Waals surface area contributed by atoms with E-state index in [4.69, 9.17) is 9.84 Å². The Hall–Kier alpha value is -2.09. The summed E-state index contributed by atoms with van der Waals surface area (Å²) in [6.45, 7) is 5.52. The number of nitrogens with zero attached hydrogens (tertiary/aromatic N) is 1. The van der Waals surface area contributed by atoms with Crippen LogP contribution in [-0.4, -0.2) is 47.2 Å². The highest BCUT2D eigenvalue weighted by molar-refractivity contribution is 9.10. The minimum Gasteiger partial charge on any atom is -0.480 e. The van der Waals surface area contributed by atoms with Crippen molar-refractivity contribution < 1.29 is 24.2 Å². The third-order valence-electron chi connectivity index (χ3n) is 3.43. The van der Waals surface area contributed by atoms with Crippen molar-refractivity contribution in [1.82, 2.24) is 4.90 Å². The summed E-state index contributed by atoms with van der Waals surface area (Å²) in [4.78, 5) is 37.1. The van der Waals surface area contributed by atoms with Crippen molar-refractivity contribution in [2.24, 2.45) is 5.92 Å². The number of anilines is 1. The fourth-order valence-corrected chi connectivity index (χ4v) is 2.61. The van der Waals surface area contributed by atoms with Crippen molar-refractivity contribution in [1.29, 1.82) is 0 Å². The SMILES string of the molecule is CCCN(CC(=O)O)C(=O)[C@H](CC(C)C)OC(=O)Nc1ccc(Br)cc1. The molecule has 1 aromatic rings. The van der Waals surface area contributed by atoms with Crippen molar-refractivity contribution in [2.75, 3.05) is 18.4 Å². The maximum Gasteiger partial charge on any atom is 0.412 e. The highest BCUT2D eigenvalue weighted by atomic mass is 79.9. The van der Waals surface area contributed by atoms with Gasteiger partial charge >= 0.3 is 12.1 Å². The molecule has 0 unspecified atom stereocenters. The van der Waals surface area contributed by atoms with Gasteiger partial charge in [-0.2, -0.15) is 0 Å². The van der Waals surface area contributed by atoms with E-state index >= 15 is 0 Å². The van der Waals surface area contributed by atoms with Crippen LogP contribution in [0.4, 0.5) is 10.5 Å². The lowest BCUT2D eigenvalue weighted by Gasteiger charge is -2.26. The average molecular weight is 429 g/mol. The van der Waals surface area contributed by atoms with Crippen LogP contribution in [0.15, 0.2) is 28.7 Å². The zero-order valence-corrected chi connectivity index (χ0v) is 16.8. The van der Waals surface area contributed by atoms with Crippen LogP contribution < -0.4 is 5.32 Å².